The number of carbonyl (C=O) groups is 2. The van der Waals surface area contributed by atoms with Crippen molar-refractivity contribution in [3.05, 3.63) is 59.9 Å². The van der Waals surface area contributed by atoms with Crippen LogP contribution in [0.3, 0.4) is 0 Å². The molecular weight excluding hydrogens is 335 g/mol. The van der Waals surface area contributed by atoms with E-state index in [4.69, 9.17) is 4.74 Å². The molecule has 2 aromatic rings. The first-order valence-corrected chi connectivity index (χ1v) is 8.62. The smallest absolute Gasteiger partial charge is 0.229 e. The number of carbonyl (C=O) groups excluding carboxylic acids is 2. The zero-order chi connectivity index (χ0) is 18.5. The molecule has 0 aromatic heterocycles. The molecule has 0 saturated carbocycles. The second-order valence-electron chi connectivity index (χ2n) is 6.19. The van der Waals surface area contributed by atoms with Crippen LogP contribution in [0.5, 0.6) is 5.75 Å². The number of nitrogens with zero attached hydrogens (tertiary/aromatic N) is 1. The van der Waals surface area contributed by atoms with E-state index in [-0.39, 0.29) is 37.1 Å². The summed E-state index contributed by atoms with van der Waals surface area (Å²) in [5.74, 6) is -0.605. The molecule has 26 heavy (non-hydrogen) atoms. The highest BCUT2D eigenvalue weighted by Crippen LogP contribution is 2.27. The Bertz CT molecular complexity index is 809. The molecule has 5 nitrogen and oxygen atoms in total. The second kappa shape index (κ2) is 7.99. The molecule has 0 spiro atoms. The molecule has 6 heteroatoms. The number of ether oxygens (including phenoxy) is 1. The lowest BCUT2D eigenvalue weighted by molar-refractivity contribution is -0.128. The molecule has 1 N–H and O–H groups in total. The molecule has 0 radical (unpaired) electrons. The zero-order valence-electron chi connectivity index (χ0n) is 14.6. The van der Waals surface area contributed by atoms with E-state index in [1.54, 1.807) is 30.3 Å². The summed E-state index contributed by atoms with van der Waals surface area (Å²) in [6, 6.07) is 13.5. The van der Waals surface area contributed by atoms with Gasteiger partial charge < -0.3 is 15.0 Å². The first-order valence-electron chi connectivity index (χ1n) is 8.62. The number of para-hydroxylation sites is 2. The normalized spacial score (nSPS) is 16.6. The van der Waals surface area contributed by atoms with Crippen LogP contribution in [0.1, 0.15) is 18.9 Å². The van der Waals surface area contributed by atoms with Gasteiger partial charge in [-0.2, -0.15) is 0 Å². The van der Waals surface area contributed by atoms with Gasteiger partial charge in [-0.05, 0) is 25.1 Å². The third-order valence-corrected chi connectivity index (χ3v) is 4.35. The summed E-state index contributed by atoms with van der Waals surface area (Å²) >= 11 is 0. The van der Waals surface area contributed by atoms with Crippen LogP contribution in [0.15, 0.2) is 48.5 Å². The topological polar surface area (TPSA) is 58.6 Å². The molecule has 1 heterocycles. The largest absolute Gasteiger partial charge is 0.492 e. The quantitative estimate of drug-likeness (QED) is 0.865. The molecule has 0 bridgehead atoms. The molecule has 3 rings (SSSR count). The zero-order valence-corrected chi connectivity index (χ0v) is 14.6. The summed E-state index contributed by atoms with van der Waals surface area (Å²) in [7, 11) is 0. The summed E-state index contributed by atoms with van der Waals surface area (Å²) in [6.07, 6.45) is 0.122. The molecule has 2 aromatic carbocycles. The van der Waals surface area contributed by atoms with Crippen molar-refractivity contribution in [1.29, 1.82) is 0 Å². The number of hydrogen-bond acceptors (Lipinski definition) is 3. The Labute approximate surface area is 151 Å². The minimum atomic E-state index is -0.469. The van der Waals surface area contributed by atoms with Crippen molar-refractivity contribution in [2.45, 2.75) is 19.9 Å². The minimum Gasteiger partial charge on any atom is -0.492 e. The number of amides is 2. The summed E-state index contributed by atoms with van der Waals surface area (Å²) in [6.45, 7) is 2.81. The highest BCUT2D eigenvalue weighted by molar-refractivity contribution is 5.98. The molecule has 1 fully saturated rings. The van der Waals surface area contributed by atoms with Crippen LogP contribution in [0.2, 0.25) is 0 Å². The second-order valence-corrected chi connectivity index (χ2v) is 6.19. The van der Waals surface area contributed by atoms with Gasteiger partial charge in [0.1, 0.15) is 11.6 Å². The lowest BCUT2D eigenvalue weighted by Gasteiger charge is -2.17. The maximum Gasteiger partial charge on any atom is 0.229 e. The van der Waals surface area contributed by atoms with Crippen molar-refractivity contribution in [2.24, 2.45) is 5.92 Å². The summed E-state index contributed by atoms with van der Waals surface area (Å²) in [4.78, 5) is 26.3. The number of halogens is 1. The van der Waals surface area contributed by atoms with Gasteiger partial charge >= 0.3 is 0 Å². The molecule has 0 aliphatic carbocycles. The number of nitrogens with one attached hydrogen (secondary N) is 1. The Morgan fingerprint density at radius 2 is 1.96 bits per heavy atom. The van der Waals surface area contributed by atoms with Crippen LogP contribution in [0.4, 0.5) is 10.1 Å². The van der Waals surface area contributed by atoms with E-state index in [2.05, 4.69) is 5.32 Å². The van der Waals surface area contributed by atoms with E-state index in [1.165, 1.54) is 11.0 Å². The fraction of sp³-hybridized carbons (Fsp3) is 0.300. The number of rotatable bonds is 6. The van der Waals surface area contributed by atoms with Crippen molar-refractivity contribution >= 4 is 17.5 Å². The first-order chi connectivity index (χ1) is 12.6. The predicted octanol–water partition coefficient (Wildman–Crippen LogP) is 3.21. The van der Waals surface area contributed by atoms with Gasteiger partial charge in [-0.3, -0.25) is 9.59 Å². The van der Waals surface area contributed by atoms with E-state index in [0.717, 1.165) is 0 Å². The molecule has 136 valence electrons. The van der Waals surface area contributed by atoms with Gasteiger partial charge in [-0.15, -0.1) is 0 Å². The Kier molecular flexibility index (Phi) is 5.51. The Morgan fingerprint density at radius 3 is 2.73 bits per heavy atom. The van der Waals surface area contributed by atoms with Crippen LogP contribution in [0, 0.1) is 11.7 Å². The summed E-state index contributed by atoms with van der Waals surface area (Å²) < 4.78 is 19.3. The van der Waals surface area contributed by atoms with E-state index < -0.39 is 5.92 Å². The lowest BCUT2D eigenvalue weighted by atomic mass is 10.1. The maximum absolute atomic E-state index is 13.8. The Balaban J connectivity index is 1.65. The molecule has 2 amide bonds. The monoisotopic (exact) mass is 356 g/mol. The van der Waals surface area contributed by atoms with Gasteiger partial charge in [-0.25, -0.2) is 4.39 Å². The Morgan fingerprint density at radius 1 is 1.23 bits per heavy atom. The fourth-order valence-corrected chi connectivity index (χ4v) is 3.02. The van der Waals surface area contributed by atoms with Crippen LogP contribution >= 0.6 is 0 Å². The van der Waals surface area contributed by atoms with Gasteiger partial charge in [-0.1, -0.05) is 30.3 Å². The molecule has 1 saturated heterocycles. The van der Waals surface area contributed by atoms with Gasteiger partial charge in [0.2, 0.25) is 11.8 Å². The minimum absolute atomic E-state index is 0.122. The van der Waals surface area contributed by atoms with Gasteiger partial charge in [0.15, 0.2) is 0 Å². The SMILES string of the molecule is CCOc1ccccc1NC(=O)C1CC(=O)N(Cc2ccccc2F)C1. The van der Waals surface area contributed by atoms with Crippen LogP contribution in [0.25, 0.3) is 0 Å². The standard InChI is InChI=1S/C20H21FN2O3/c1-2-26-18-10-6-5-9-17(18)22-20(25)15-11-19(24)23(13-15)12-14-7-3-4-8-16(14)21/h3-10,15H,2,11-13H2,1H3,(H,22,25). The van der Waals surface area contributed by atoms with E-state index in [1.807, 2.05) is 19.1 Å². The fourth-order valence-electron chi connectivity index (χ4n) is 3.02. The Hall–Kier alpha value is -2.89. The highest BCUT2D eigenvalue weighted by Gasteiger charge is 2.34. The van der Waals surface area contributed by atoms with E-state index in [0.29, 0.717) is 23.6 Å². The van der Waals surface area contributed by atoms with Crippen molar-refractivity contribution in [3.8, 4) is 5.75 Å². The highest BCUT2D eigenvalue weighted by atomic mass is 19.1. The average Bonchev–Trinajstić information content (AvgIpc) is 3.00. The van der Waals surface area contributed by atoms with Gasteiger partial charge in [0.05, 0.1) is 18.2 Å². The van der Waals surface area contributed by atoms with Crippen molar-refractivity contribution < 1.29 is 18.7 Å². The van der Waals surface area contributed by atoms with Gasteiger partial charge in [0, 0.05) is 25.1 Å². The average molecular weight is 356 g/mol. The molecule has 1 unspecified atom stereocenters. The third kappa shape index (κ3) is 4.02. The van der Waals surface area contributed by atoms with Crippen molar-refractivity contribution in [2.75, 3.05) is 18.5 Å². The van der Waals surface area contributed by atoms with Crippen molar-refractivity contribution in [3.63, 3.8) is 0 Å². The number of likely N-dealkylation sites (tertiary alicyclic amines) is 1. The summed E-state index contributed by atoms with van der Waals surface area (Å²) in [5, 5.41) is 2.84. The number of anilines is 1. The number of hydrogen-bond donors (Lipinski definition) is 1. The van der Waals surface area contributed by atoms with Gasteiger partial charge in [0.25, 0.3) is 0 Å². The maximum atomic E-state index is 13.8. The van der Waals surface area contributed by atoms with E-state index >= 15 is 0 Å². The predicted molar refractivity (Wildman–Crippen MR) is 96.2 cm³/mol. The van der Waals surface area contributed by atoms with Crippen molar-refractivity contribution in [1.82, 2.24) is 4.90 Å². The number of benzene rings is 2. The van der Waals surface area contributed by atoms with Crippen LogP contribution in [-0.4, -0.2) is 29.9 Å². The van der Waals surface area contributed by atoms with Crippen LogP contribution < -0.4 is 10.1 Å². The third-order valence-electron chi connectivity index (χ3n) is 4.35. The van der Waals surface area contributed by atoms with E-state index in [9.17, 15) is 14.0 Å². The lowest BCUT2D eigenvalue weighted by Crippen LogP contribution is -2.28. The molecule has 1 atom stereocenters. The molecule has 1 aliphatic rings. The summed E-state index contributed by atoms with van der Waals surface area (Å²) in [5.41, 5.74) is 1.03. The molecular formula is C20H21FN2O3. The molecule has 1 aliphatic heterocycles. The first kappa shape index (κ1) is 17.9. The van der Waals surface area contributed by atoms with Crippen LogP contribution in [-0.2, 0) is 16.1 Å².